The summed E-state index contributed by atoms with van der Waals surface area (Å²) < 4.78 is 35.9. The zero-order valence-electron chi connectivity index (χ0n) is 5.37. The van der Waals surface area contributed by atoms with Gasteiger partial charge in [0, 0.05) is 6.54 Å². The van der Waals surface area contributed by atoms with Crippen molar-refractivity contribution in [3.63, 3.8) is 0 Å². The highest BCUT2D eigenvalue weighted by atomic mass is 35.5. The molecule has 0 amide bonds. The molecule has 62 valence electrons. The summed E-state index contributed by atoms with van der Waals surface area (Å²) in [5.41, 5.74) is -0.721. The first-order valence-corrected chi connectivity index (χ1v) is 3.25. The van der Waals surface area contributed by atoms with Gasteiger partial charge in [-0.2, -0.15) is 13.2 Å². The van der Waals surface area contributed by atoms with Crippen LogP contribution in [0.3, 0.4) is 0 Å². The van der Waals surface area contributed by atoms with E-state index >= 15 is 0 Å². The molecule has 1 nitrogen and oxygen atoms in total. The van der Waals surface area contributed by atoms with Crippen LogP contribution in [0.1, 0.15) is 0 Å². The lowest BCUT2D eigenvalue weighted by atomic mass is 10.2. The van der Waals surface area contributed by atoms with Crippen molar-refractivity contribution in [2.24, 2.45) is 0 Å². The molecular formula is C6H5ClF3N. The molecule has 0 aliphatic carbocycles. The second-order valence-corrected chi connectivity index (χ2v) is 2.45. The Balaban J connectivity index is 2.93. The van der Waals surface area contributed by atoms with Crippen molar-refractivity contribution in [3.8, 4) is 0 Å². The Hall–Kier alpha value is -0.640. The zero-order chi connectivity index (χ0) is 8.48. The van der Waals surface area contributed by atoms with E-state index in [0.717, 1.165) is 0 Å². The van der Waals surface area contributed by atoms with Crippen LogP contribution < -0.4 is 5.32 Å². The SMILES string of the molecule is FC(F)(F)C1=C(Cl)C=CNC1. The van der Waals surface area contributed by atoms with Gasteiger partial charge in [-0.05, 0) is 12.3 Å². The van der Waals surface area contributed by atoms with E-state index in [1.807, 2.05) is 0 Å². The summed E-state index contributed by atoms with van der Waals surface area (Å²) in [5.74, 6) is 0. The van der Waals surface area contributed by atoms with E-state index in [2.05, 4.69) is 5.32 Å². The molecule has 11 heavy (non-hydrogen) atoms. The average molecular weight is 184 g/mol. The fourth-order valence-electron chi connectivity index (χ4n) is 0.714. The molecule has 0 aromatic heterocycles. The molecular weight excluding hydrogens is 179 g/mol. The highest BCUT2D eigenvalue weighted by molar-refractivity contribution is 6.31. The van der Waals surface area contributed by atoms with Crippen LogP contribution in [0.5, 0.6) is 0 Å². The minimum atomic E-state index is -4.32. The highest BCUT2D eigenvalue weighted by Crippen LogP contribution is 2.30. The third-order valence-corrected chi connectivity index (χ3v) is 1.61. The topological polar surface area (TPSA) is 12.0 Å². The number of hydrogen-bond donors (Lipinski definition) is 1. The molecule has 1 N–H and O–H groups in total. The van der Waals surface area contributed by atoms with Crippen molar-refractivity contribution in [3.05, 3.63) is 22.9 Å². The fourth-order valence-corrected chi connectivity index (χ4v) is 0.951. The normalized spacial score (nSPS) is 18.5. The highest BCUT2D eigenvalue weighted by Gasteiger charge is 2.35. The number of halogens is 4. The number of hydrogen-bond acceptors (Lipinski definition) is 1. The Morgan fingerprint density at radius 1 is 1.45 bits per heavy atom. The molecule has 5 heteroatoms. The van der Waals surface area contributed by atoms with Gasteiger partial charge in [0.05, 0.1) is 10.6 Å². The Morgan fingerprint density at radius 3 is 2.45 bits per heavy atom. The van der Waals surface area contributed by atoms with Gasteiger partial charge in [0.25, 0.3) is 0 Å². The zero-order valence-corrected chi connectivity index (χ0v) is 6.13. The van der Waals surface area contributed by atoms with Gasteiger partial charge in [-0.1, -0.05) is 11.6 Å². The van der Waals surface area contributed by atoms with Gasteiger partial charge in [-0.3, -0.25) is 0 Å². The van der Waals surface area contributed by atoms with E-state index in [9.17, 15) is 13.2 Å². The van der Waals surface area contributed by atoms with Crippen LogP contribution in [-0.4, -0.2) is 12.7 Å². The van der Waals surface area contributed by atoms with Crippen molar-refractivity contribution in [1.82, 2.24) is 5.32 Å². The molecule has 0 saturated carbocycles. The number of dihydropyridines is 1. The van der Waals surface area contributed by atoms with Crippen LogP contribution in [0.2, 0.25) is 0 Å². The third kappa shape index (κ3) is 1.89. The largest absolute Gasteiger partial charge is 0.415 e. The molecule has 1 aliphatic rings. The van der Waals surface area contributed by atoms with Crippen LogP contribution in [-0.2, 0) is 0 Å². The Labute approximate surface area is 66.5 Å². The second-order valence-electron chi connectivity index (χ2n) is 2.04. The van der Waals surface area contributed by atoms with Gasteiger partial charge in [-0.15, -0.1) is 0 Å². The van der Waals surface area contributed by atoms with Crippen LogP contribution >= 0.6 is 11.6 Å². The van der Waals surface area contributed by atoms with Crippen molar-refractivity contribution in [2.45, 2.75) is 6.18 Å². The number of alkyl halides is 3. The van der Waals surface area contributed by atoms with Crippen molar-refractivity contribution >= 4 is 11.6 Å². The lowest BCUT2D eigenvalue weighted by Gasteiger charge is -2.15. The number of rotatable bonds is 0. The van der Waals surface area contributed by atoms with Crippen LogP contribution in [0.4, 0.5) is 13.2 Å². The van der Waals surface area contributed by atoms with Gasteiger partial charge >= 0.3 is 6.18 Å². The monoisotopic (exact) mass is 183 g/mol. The predicted molar refractivity (Wildman–Crippen MR) is 36.1 cm³/mol. The molecule has 1 rings (SSSR count). The molecule has 1 heterocycles. The maximum absolute atomic E-state index is 12.0. The van der Waals surface area contributed by atoms with Gasteiger partial charge < -0.3 is 5.32 Å². The summed E-state index contributed by atoms with van der Waals surface area (Å²) in [6, 6.07) is 0. The summed E-state index contributed by atoms with van der Waals surface area (Å²) >= 11 is 5.30. The maximum Gasteiger partial charge on any atom is 0.415 e. The fraction of sp³-hybridized carbons (Fsp3) is 0.333. The maximum atomic E-state index is 12.0. The molecule has 0 radical (unpaired) electrons. The van der Waals surface area contributed by atoms with E-state index in [1.165, 1.54) is 12.3 Å². The Bertz CT molecular complexity index is 216. The Kier molecular flexibility index (Phi) is 2.13. The molecule has 1 aliphatic heterocycles. The molecule has 0 aromatic rings. The van der Waals surface area contributed by atoms with Gasteiger partial charge in [-0.25, -0.2) is 0 Å². The smallest absolute Gasteiger partial charge is 0.387 e. The standard InChI is InChI=1S/C6H5ClF3N/c7-5-1-2-11-3-4(5)6(8,9)10/h1-2,11H,3H2. The molecule has 0 unspecified atom stereocenters. The first-order chi connectivity index (χ1) is 5.02. The quantitative estimate of drug-likeness (QED) is 0.607. The van der Waals surface area contributed by atoms with Crippen molar-refractivity contribution < 1.29 is 13.2 Å². The van der Waals surface area contributed by atoms with E-state index in [0.29, 0.717) is 0 Å². The van der Waals surface area contributed by atoms with Gasteiger partial charge in [0.1, 0.15) is 0 Å². The summed E-state index contributed by atoms with van der Waals surface area (Å²) in [5, 5.41) is 2.19. The molecule has 0 bridgehead atoms. The molecule has 0 fully saturated rings. The Morgan fingerprint density at radius 2 is 2.09 bits per heavy atom. The van der Waals surface area contributed by atoms with Crippen molar-refractivity contribution in [1.29, 1.82) is 0 Å². The lowest BCUT2D eigenvalue weighted by molar-refractivity contribution is -0.0931. The lowest BCUT2D eigenvalue weighted by Crippen LogP contribution is -2.25. The summed E-state index contributed by atoms with van der Waals surface area (Å²) in [4.78, 5) is 0. The first kappa shape index (κ1) is 8.46. The van der Waals surface area contributed by atoms with Gasteiger partial charge in [0.15, 0.2) is 0 Å². The minimum absolute atomic E-state index is 0.240. The van der Waals surface area contributed by atoms with E-state index in [4.69, 9.17) is 11.6 Å². The minimum Gasteiger partial charge on any atom is -0.387 e. The summed E-state index contributed by atoms with van der Waals surface area (Å²) in [6.45, 7) is -0.251. The molecule has 0 aromatic carbocycles. The van der Waals surface area contributed by atoms with Gasteiger partial charge in [0.2, 0.25) is 0 Å². The third-order valence-electron chi connectivity index (χ3n) is 1.26. The van der Waals surface area contributed by atoms with E-state index in [1.54, 1.807) is 0 Å². The van der Waals surface area contributed by atoms with E-state index in [-0.39, 0.29) is 11.6 Å². The first-order valence-electron chi connectivity index (χ1n) is 2.87. The van der Waals surface area contributed by atoms with E-state index < -0.39 is 11.7 Å². The summed E-state index contributed by atoms with van der Waals surface area (Å²) in [6.07, 6.45) is -1.75. The van der Waals surface area contributed by atoms with Crippen molar-refractivity contribution in [2.75, 3.05) is 6.54 Å². The van der Waals surface area contributed by atoms with Crippen LogP contribution in [0.25, 0.3) is 0 Å². The molecule has 0 saturated heterocycles. The predicted octanol–water partition coefficient (Wildman–Crippen LogP) is 2.16. The van der Waals surface area contributed by atoms with Crippen LogP contribution in [0.15, 0.2) is 22.9 Å². The average Bonchev–Trinajstić information content (AvgIpc) is 1.86. The molecule has 0 atom stereocenters. The summed E-state index contributed by atoms with van der Waals surface area (Å²) in [7, 11) is 0. The van der Waals surface area contributed by atoms with Crippen LogP contribution in [0, 0.1) is 0 Å². The number of allylic oxidation sites excluding steroid dienone is 2. The number of nitrogens with one attached hydrogen (secondary N) is 1. The second kappa shape index (κ2) is 2.77. The molecule has 0 spiro atoms.